The minimum absolute atomic E-state index is 0. The van der Waals surface area contributed by atoms with Crippen LogP contribution in [0.2, 0.25) is 0 Å². The van der Waals surface area contributed by atoms with Gasteiger partial charge >= 0.3 is 25.0 Å². The third kappa shape index (κ3) is 57.7. The Morgan fingerprint density at radius 3 is 0.644 bits per heavy atom. The van der Waals surface area contributed by atoms with Crippen molar-refractivity contribution in [3.63, 3.8) is 0 Å². The summed E-state index contributed by atoms with van der Waals surface area (Å²) in [5, 5.41) is 0. The van der Waals surface area contributed by atoms with Crippen molar-refractivity contribution in [2.75, 3.05) is 13.2 Å². The van der Waals surface area contributed by atoms with Crippen LogP contribution >= 0.6 is 8.25 Å². The van der Waals surface area contributed by atoms with E-state index < -0.39 is 8.25 Å². The van der Waals surface area contributed by atoms with E-state index in [2.05, 4.69) is 50.3 Å². The Morgan fingerprint density at radius 2 is 0.441 bits per heavy atom. The molecular weight excluding hydrogens is 786 g/mol. The molecule has 0 aromatic carbocycles. The molecule has 1 unspecified atom stereocenters. The fraction of sp³-hybridized carbons (Fsp3) is 0.889. The van der Waals surface area contributed by atoms with E-state index in [1.165, 1.54) is 257 Å². The zero-order valence-electron chi connectivity index (χ0n) is 40.0. The van der Waals surface area contributed by atoms with Gasteiger partial charge in [0.25, 0.3) is 0 Å². The summed E-state index contributed by atoms with van der Waals surface area (Å²) in [5.41, 5.74) is 0. The van der Waals surface area contributed by atoms with E-state index in [-0.39, 0.29) is 16.8 Å². The van der Waals surface area contributed by atoms with E-state index in [0.29, 0.717) is 13.2 Å². The SMILES string of the molecule is CCCCCCCC/C=C\CCCCCCCCCCCCCCCC/C=C\CCCCCCCCO[P+](=O)OCCCCCCCC/C=C\CCCCCCCC.[Co+2]. The Kier molecular flexibility index (Phi) is 59.5. The summed E-state index contributed by atoms with van der Waals surface area (Å²) in [6.07, 6.45) is 73.5. The molecule has 0 rings (SSSR count). The first-order valence-corrected chi connectivity index (χ1v) is 27.6. The van der Waals surface area contributed by atoms with Crippen LogP contribution in [0.15, 0.2) is 36.5 Å². The van der Waals surface area contributed by atoms with Crippen LogP contribution in [0, 0.1) is 0 Å². The number of rotatable bonds is 51. The fourth-order valence-electron chi connectivity index (χ4n) is 7.90. The third-order valence-electron chi connectivity index (χ3n) is 11.9. The molecule has 0 fully saturated rings. The summed E-state index contributed by atoms with van der Waals surface area (Å²) < 4.78 is 22.8. The monoisotopic (exact) mass is 891 g/mol. The molecule has 0 heterocycles. The molecule has 0 aliphatic carbocycles. The molecule has 0 amide bonds. The van der Waals surface area contributed by atoms with Gasteiger partial charge in [-0.05, 0) is 89.9 Å². The van der Waals surface area contributed by atoms with Crippen molar-refractivity contribution in [2.24, 2.45) is 0 Å². The molecule has 5 heteroatoms. The van der Waals surface area contributed by atoms with E-state index >= 15 is 0 Å². The largest absolute Gasteiger partial charge is 2.00 e. The average Bonchev–Trinajstić information content (AvgIpc) is 3.23. The maximum absolute atomic E-state index is 12.0. The molecule has 3 nitrogen and oxygen atoms in total. The molecule has 349 valence electrons. The molecule has 1 radical (unpaired) electrons. The molecule has 0 aromatic heterocycles. The van der Waals surface area contributed by atoms with Crippen molar-refractivity contribution in [1.29, 1.82) is 0 Å². The second-order valence-corrected chi connectivity index (χ2v) is 18.7. The summed E-state index contributed by atoms with van der Waals surface area (Å²) in [4.78, 5) is 0. The van der Waals surface area contributed by atoms with Gasteiger partial charge in [-0.25, -0.2) is 0 Å². The first kappa shape index (κ1) is 60.8. The summed E-state index contributed by atoms with van der Waals surface area (Å²) in [5.74, 6) is 0. The Labute approximate surface area is 382 Å². The number of hydrogen-bond donors (Lipinski definition) is 0. The maximum Gasteiger partial charge on any atom is 2.00 e. The van der Waals surface area contributed by atoms with E-state index in [1.54, 1.807) is 0 Å². The molecular formula is C54H104CoO3P+3. The van der Waals surface area contributed by atoms with Crippen molar-refractivity contribution in [3.8, 4) is 0 Å². The van der Waals surface area contributed by atoms with Crippen LogP contribution in [-0.4, -0.2) is 13.2 Å². The van der Waals surface area contributed by atoms with Gasteiger partial charge in [-0.2, -0.15) is 0 Å². The summed E-state index contributed by atoms with van der Waals surface area (Å²) in [6.45, 7) is 5.69. The van der Waals surface area contributed by atoms with Gasteiger partial charge in [0.1, 0.15) is 13.2 Å². The van der Waals surface area contributed by atoms with Gasteiger partial charge in [-0.3, -0.25) is 0 Å². The smallest absolute Gasteiger partial charge is 0.119 e. The van der Waals surface area contributed by atoms with E-state index in [9.17, 15) is 4.57 Å². The Morgan fingerprint density at radius 1 is 0.271 bits per heavy atom. The number of hydrogen-bond acceptors (Lipinski definition) is 3. The van der Waals surface area contributed by atoms with Gasteiger partial charge in [0.2, 0.25) is 0 Å². The minimum atomic E-state index is -1.94. The van der Waals surface area contributed by atoms with Gasteiger partial charge in [0.05, 0.1) is 0 Å². The molecule has 0 aromatic rings. The van der Waals surface area contributed by atoms with E-state index in [0.717, 1.165) is 25.7 Å². The van der Waals surface area contributed by atoms with Gasteiger partial charge in [0.15, 0.2) is 0 Å². The predicted octanol–water partition coefficient (Wildman–Crippen LogP) is 20.5. The van der Waals surface area contributed by atoms with Crippen LogP contribution in [-0.2, 0) is 30.4 Å². The maximum atomic E-state index is 12.0. The Hall–Kier alpha value is -0.254. The topological polar surface area (TPSA) is 35.5 Å². The van der Waals surface area contributed by atoms with Crippen LogP contribution in [0.1, 0.15) is 296 Å². The second kappa shape index (κ2) is 57.7. The van der Waals surface area contributed by atoms with Crippen LogP contribution < -0.4 is 0 Å². The third-order valence-corrected chi connectivity index (χ3v) is 12.7. The first-order valence-electron chi connectivity index (χ1n) is 26.5. The number of unbranched alkanes of at least 4 members (excludes halogenated alkanes) is 39. The Bertz CT molecular complexity index is 859. The van der Waals surface area contributed by atoms with Crippen LogP contribution in [0.25, 0.3) is 0 Å². The summed E-state index contributed by atoms with van der Waals surface area (Å²) in [7, 11) is -1.94. The molecule has 59 heavy (non-hydrogen) atoms. The van der Waals surface area contributed by atoms with Crippen molar-refractivity contribution < 1.29 is 30.4 Å². The van der Waals surface area contributed by atoms with Gasteiger partial charge in [-0.15, -0.1) is 9.05 Å². The van der Waals surface area contributed by atoms with Crippen LogP contribution in [0.3, 0.4) is 0 Å². The fourth-order valence-corrected chi connectivity index (χ4v) is 8.53. The molecule has 0 spiro atoms. The van der Waals surface area contributed by atoms with Crippen molar-refractivity contribution in [3.05, 3.63) is 36.5 Å². The molecule has 0 saturated heterocycles. The second-order valence-electron chi connectivity index (χ2n) is 17.8. The zero-order chi connectivity index (χ0) is 41.8. The minimum Gasteiger partial charge on any atom is -0.119 e. The summed E-state index contributed by atoms with van der Waals surface area (Å²) >= 11 is 0. The molecule has 1 atom stereocenters. The van der Waals surface area contributed by atoms with Gasteiger partial charge < -0.3 is 0 Å². The van der Waals surface area contributed by atoms with Crippen molar-refractivity contribution in [1.82, 2.24) is 0 Å². The van der Waals surface area contributed by atoms with Gasteiger partial charge in [0, 0.05) is 4.57 Å². The number of allylic oxidation sites excluding steroid dienone is 6. The average molecular weight is 891 g/mol. The molecule has 0 aliphatic rings. The quantitative estimate of drug-likeness (QED) is 0.0347. The molecule has 0 N–H and O–H groups in total. The standard InChI is InChI=1S/C54H104O3P.Co/c1-3-5-7-9-11-13-15-17-19-21-22-23-24-25-26-27-28-29-30-31-32-33-34-35-36-37-38-40-42-44-46-48-50-52-54-57-58(55)56-53-51-49-47-45-43-41-39-20-18-16-14-12-10-8-6-4-2;/h17-20,37-38H,3-16,21-36,39-54H2,1-2H3;/q+1;+2/b19-17-,20-18-,38-37-;. The van der Waals surface area contributed by atoms with Crippen LogP contribution in [0.5, 0.6) is 0 Å². The molecule has 0 saturated carbocycles. The predicted molar refractivity (Wildman–Crippen MR) is 261 cm³/mol. The van der Waals surface area contributed by atoms with E-state index in [1.807, 2.05) is 0 Å². The normalized spacial score (nSPS) is 12.1. The van der Waals surface area contributed by atoms with E-state index in [4.69, 9.17) is 9.05 Å². The first-order chi connectivity index (χ1) is 28.8. The zero-order valence-corrected chi connectivity index (χ0v) is 41.9. The summed E-state index contributed by atoms with van der Waals surface area (Å²) in [6, 6.07) is 0. The Balaban J connectivity index is 0. The van der Waals surface area contributed by atoms with Crippen LogP contribution in [0.4, 0.5) is 0 Å². The molecule has 0 bridgehead atoms. The van der Waals surface area contributed by atoms with Gasteiger partial charge in [-0.1, -0.05) is 243 Å². The van der Waals surface area contributed by atoms with Crippen molar-refractivity contribution >= 4 is 8.25 Å². The van der Waals surface area contributed by atoms with Crippen molar-refractivity contribution in [2.45, 2.75) is 296 Å². The molecule has 0 aliphatic heterocycles.